The number of hydrogen-bond acceptors (Lipinski definition) is 2. The third kappa shape index (κ3) is 1.20. The van der Waals surface area contributed by atoms with Crippen LogP contribution in [0.1, 0.15) is 0 Å². The lowest BCUT2D eigenvalue weighted by Crippen LogP contribution is -1.88. The molecule has 0 aliphatic rings. The number of nitrogen functional groups attached to an aromatic ring is 2. The third-order valence-corrected chi connectivity index (χ3v) is 2.94. The zero-order valence-electron chi connectivity index (χ0n) is 8.77. The van der Waals surface area contributed by atoms with E-state index in [-0.39, 0.29) is 0 Å². The monoisotopic (exact) mass is 208 g/mol. The molecule has 3 rings (SSSR count). The molecule has 0 aliphatic heterocycles. The molecule has 0 aromatic heterocycles. The van der Waals surface area contributed by atoms with Crippen LogP contribution in [-0.2, 0) is 0 Å². The van der Waals surface area contributed by atoms with Crippen LogP contribution in [-0.4, -0.2) is 0 Å². The molecular formula is C14H12N2. The van der Waals surface area contributed by atoms with Crippen LogP contribution in [0.5, 0.6) is 0 Å². The molecule has 3 aromatic carbocycles. The number of nitrogens with two attached hydrogens (primary N) is 2. The Morgan fingerprint density at radius 3 is 2.38 bits per heavy atom. The van der Waals surface area contributed by atoms with E-state index in [0.29, 0.717) is 0 Å². The molecule has 0 spiro atoms. The van der Waals surface area contributed by atoms with Crippen LogP contribution in [0.25, 0.3) is 21.5 Å². The van der Waals surface area contributed by atoms with Gasteiger partial charge in [0.1, 0.15) is 0 Å². The molecule has 0 saturated carbocycles. The van der Waals surface area contributed by atoms with Gasteiger partial charge >= 0.3 is 0 Å². The van der Waals surface area contributed by atoms with Gasteiger partial charge in [-0.15, -0.1) is 0 Å². The molecule has 0 saturated heterocycles. The zero-order valence-corrected chi connectivity index (χ0v) is 8.77. The molecule has 0 heterocycles. The Morgan fingerprint density at radius 2 is 1.50 bits per heavy atom. The van der Waals surface area contributed by atoms with Crippen LogP contribution in [0.4, 0.5) is 11.4 Å². The first-order chi connectivity index (χ1) is 7.75. The first-order valence-corrected chi connectivity index (χ1v) is 5.22. The molecule has 0 unspecified atom stereocenters. The van der Waals surface area contributed by atoms with Crippen molar-refractivity contribution in [1.82, 2.24) is 0 Å². The van der Waals surface area contributed by atoms with Crippen molar-refractivity contribution in [3.05, 3.63) is 48.5 Å². The fourth-order valence-corrected chi connectivity index (χ4v) is 2.13. The maximum Gasteiger partial charge on any atom is 0.0393 e. The van der Waals surface area contributed by atoms with Crippen LogP contribution >= 0.6 is 0 Å². The lowest BCUT2D eigenvalue weighted by molar-refractivity contribution is 1.73. The topological polar surface area (TPSA) is 52.0 Å². The van der Waals surface area contributed by atoms with Gasteiger partial charge in [0, 0.05) is 16.8 Å². The largest absolute Gasteiger partial charge is 0.399 e. The number of rotatable bonds is 0. The van der Waals surface area contributed by atoms with Gasteiger partial charge < -0.3 is 11.5 Å². The van der Waals surface area contributed by atoms with Gasteiger partial charge in [-0.2, -0.15) is 0 Å². The average molecular weight is 208 g/mol. The van der Waals surface area contributed by atoms with Crippen LogP contribution in [0.15, 0.2) is 48.5 Å². The molecule has 2 nitrogen and oxygen atoms in total. The molecule has 16 heavy (non-hydrogen) atoms. The second-order valence-corrected chi connectivity index (χ2v) is 3.99. The molecule has 0 aliphatic carbocycles. The van der Waals surface area contributed by atoms with Gasteiger partial charge in [-0.25, -0.2) is 0 Å². The summed E-state index contributed by atoms with van der Waals surface area (Å²) in [4.78, 5) is 0. The molecular weight excluding hydrogens is 196 g/mol. The van der Waals surface area contributed by atoms with E-state index in [2.05, 4.69) is 18.2 Å². The Balaban J connectivity index is 2.58. The van der Waals surface area contributed by atoms with Gasteiger partial charge in [-0.1, -0.05) is 30.3 Å². The second kappa shape index (κ2) is 3.14. The summed E-state index contributed by atoms with van der Waals surface area (Å²) >= 11 is 0. The van der Waals surface area contributed by atoms with Gasteiger partial charge in [0.15, 0.2) is 0 Å². The van der Waals surface area contributed by atoms with Crippen molar-refractivity contribution >= 4 is 32.9 Å². The summed E-state index contributed by atoms with van der Waals surface area (Å²) < 4.78 is 0. The SMILES string of the molecule is Nc1ccc2ccc3c(N)cccc3c2c1. The molecule has 78 valence electrons. The minimum Gasteiger partial charge on any atom is -0.399 e. The predicted molar refractivity (Wildman–Crippen MR) is 70.3 cm³/mol. The molecule has 0 atom stereocenters. The molecule has 0 bridgehead atoms. The predicted octanol–water partition coefficient (Wildman–Crippen LogP) is 3.16. The normalized spacial score (nSPS) is 11.0. The van der Waals surface area contributed by atoms with E-state index in [4.69, 9.17) is 11.5 Å². The van der Waals surface area contributed by atoms with Crippen molar-refractivity contribution < 1.29 is 0 Å². The lowest BCUT2D eigenvalue weighted by atomic mass is 10.0. The van der Waals surface area contributed by atoms with Crippen molar-refractivity contribution in [2.45, 2.75) is 0 Å². The second-order valence-electron chi connectivity index (χ2n) is 3.99. The first kappa shape index (κ1) is 9.04. The van der Waals surface area contributed by atoms with Crippen LogP contribution in [0, 0.1) is 0 Å². The Kier molecular flexibility index (Phi) is 1.77. The lowest BCUT2D eigenvalue weighted by Gasteiger charge is -2.06. The van der Waals surface area contributed by atoms with Crippen molar-refractivity contribution in [1.29, 1.82) is 0 Å². The fraction of sp³-hybridized carbons (Fsp3) is 0. The number of fused-ring (bicyclic) bond motifs is 3. The van der Waals surface area contributed by atoms with Crippen LogP contribution < -0.4 is 11.5 Å². The minimum absolute atomic E-state index is 0.780. The van der Waals surface area contributed by atoms with Gasteiger partial charge in [-0.3, -0.25) is 0 Å². The van der Waals surface area contributed by atoms with E-state index in [1.54, 1.807) is 0 Å². The van der Waals surface area contributed by atoms with Gasteiger partial charge in [0.25, 0.3) is 0 Å². The summed E-state index contributed by atoms with van der Waals surface area (Å²) in [6.45, 7) is 0. The standard InChI is InChI=1S/C14H12N2/c15-10-6-4-9-5-7-12-11(13(9)8-10)2-1-3-14(12)16/h1-8H,15-16H2. The van der Waals surface area contributed by atoms with Gasteiger partial charge in [0.2, 0.25) is 0 Å². The Labute approximate surface area is 93.5 Å². The summed E-state index contributed by atoms with van der Waals surface area (Å²) in [5, 5.41) is 4.59. The Morgan fingerprint density at radius 1 is 0.688 bits per heavy atom. The Bertz CT molecular complexity index is 687. The average Bonchev–Trinajstić information content (AvgIpc) is 2.29. The van der Waals surface area contributed by atoms with E-state index in [1.165, 1.54) is 5.39 Å². The molecule has 0 radical (unpaired) electrons. The molecule has 4 N–H and O–H groups in total. The summed E-state index contributed by atoms with van der Waals surface area (Å²) in [5.74, 6) is 0. The first-order valence-electron chi connectivity index (χ1n) is 5.22. The van der Waals surface area contributed by atoms with E-state index in [0.717, 1.165) is 27.5 Å². The highest BCUT2D eigenvalue weighted by Crippen LogP contribution is 2.29. The highest BCUT2D eigenvalue weighted by atomic mass is 14.6. The summed E-state index contributed by atoms with van der Waals surface area (Å²) in [6, 6.07) is 16.1. The molecule has 3 aromatic rings. The zero-order chi connectivity index (χ0) is 11.1. The fourth-order valence-electron chi connectivity index (χ4n) is 2.13. The number of hydrogen-bond donors (Lipinski definition) is 2. The third-order valence-electron chi connectivity index (χ3n) is 2.94. The van der Waals surface area contributed by atoms with Crippen molar-refractivity contribution in [3.8, 4) is 0 Å². The maximum atomic E-state index is 5.95. The molecule has 2 heteroatoms. The highest BCUT2D eigenvalue weighted by molar-refractivity contribution is 6.11. The maximum absolute atomic E-state index is 5.95. The van der Waals surface area contributed by atoms with Crippen LogP contribution in [0.2, 0.25) is 0 Å². The quantitative estimate of drug-likeness (QED) is 0.440. The summed E-state index contributed by atoms with van der Waals surface area (Å²) in [7, 11) is 0. The number of benzene rings is 3. The minimum atomic E-state index is 0.780. The van der Waals surface area contributed by atoms with Crippen molar-refractivity contribution in [2.75, 3.05) is 11.5 Å². The summed E-state index contributed by atoms with van der Waals surface area (Å²) in [5.41, 5.74) is 13.4. The van der Waals surface area contributed by atoms with E-state index >= 15 is 0 Å². The van der Waals surface area contributed by atoms with Gasteiger partial charge in [0.05, 0.1) is 0 Å². The van der Waals surface area contributed by atoms with Crippen molar-refractivity contribution in [3.63, 3.8) is 0 Å². The van der Waals surface area contributed by atoms with E-state index < -0.39 is 0 Å². The number of anilines is 2. The van der Waals surface area contributed by atoms with E-state index in [9.17, 15) is 0 Å². The summed E-state index contributed by atoms with van der Waals surface area (Å²) in [6.07, 6.45) is 0. The van der Waals surface area contributed by atoms with Crippen LogP contribution in [0.3, 0.4) is 0 Å². The molecule has 0 amide bonds. The Hall–Kier alpha value is -2.22. The molecule has 0 fully saturated rings. The van der Waals surface area contributed by atoms with Gasteiger partial charge in [-0.05, 0) is 34.4 Å². The van der Waals surface area contributed by atoms with Crippen molar-refractivity contribution in [2.24, 2.45) is 0 Å². The van der Waals surface area contributed by atoms with E-state index in [1.807, 2.05) is 30.3 Å². The smallest absolute Gasteiger partial charge is 0.0393 e. The highest BCUT2D eigenvalue weighted by Gasteiger charge is 2.02.